The summed E-state index contributed by atoms with van der Waals surface area (Å²) in [5.41, 5.74) is 1.19. The molecule has 2 rings (SSSR count). The second-order valence-corrected chi connectivity index (χ2v) is 4.61. The average molecular weight is 304 g/mol. The lowest BCUT2D eigenvalue weighted by molar-refractivity contribution is -0.116. The highest BCUT2D eigenvalue weighted by Crippen LogP contribution is 2.15. The molecular formula is C13H10BrN3O. The van der Waals surface area contributed by atoms with Crippen molar-refractivity contribution < 1.29 is 4.79 Å². The van der Waals surface area contributed by atoms with Crippen LogP contribution < -0.4 is 5.32 Å². The van der Waals surface area contributed by atoms with E-state index in [0.717, 1.165) is 10.2 Å². The fourth-order valence-electron chi connectivity index (χ4n) is 1.57. The minimum absolute atomic E-state index is 0.127. The fourth-order valence-corrected chi connectivity index (χ4v) is 1.97. The van der Waals surface area contributed by atoms with Crippen LogP contribution in [0.15, 0.2) is 47.1 Å². The summed E-state index contributed by atoms with van der Waals surface area (Å²) in [4.78, 5) is 11.8. The first-order valence-electron chi connectivity index (χ1n) is 5.30. The average Bonchev–Trinajstić information content (AvgIpc) is 2.76. The molecule has 0 radical (unpaired) electrons. The Hall–Kier alpha value is -2.06. The van der Waals surface area contributed by atoms with Crippen molar-refractivity contribution in [2.45, 2.75) is 6.54 Å². The summed E-state index contributed by atoms with van der Waals surface area (Å²) in [7, 11) is 0. The number of carbonyl (C=O) groups is 1. The molecule has 4 nitrogen and oxygen atoms in total. The highest BCUT2D eigenvalue weighted by atomic mass is 79.9. The number of aromatic nitrogens is 1. The third-order valence-corrected chi connectivity index (χ3v) is 2.86. The number of anilines is 1. The minimum Gasteiger partial charge on any atom is -0.330 e. The first kappa shape index (κ1) is 12.4. The maximum Gasteiger partial charge on any atom is 0.244 e. The van der Waals surface area contributed by atoms with Crippen LogP contribution in [-0.4, -0.2) is 10.5 Å². The van der Waals surface area contributed by atoms with E-state index in [1.165, 1.54) is 0 Å². The normalized spacial score (nSPS) is 9.78. The van der Waals surface area contributed by atoms with Crippen LogP contribution in [-0.2, 0) is 11.3 Å². The number of amides is 1. The Morgan fingerprint density at radius 2 is 2.22 bits per heavy atom. The smallest absolute Gasteiger partial charge is 0.244 e. The highest BCUT2D eigenvalue weighted by molar-refractivity contribution is 9.10. The second kappa shape index (κ2) is 5.52. The molecule has 0 aliphatic rings. The Labute approximate surface area is 113 Å². The summed E-state index contributed by atoms with van der Waals surface area (Å²) in [5.74, 6) is -0.166. The number of hydrogen-bond acceptors (Lipinski definition) is 2. The van der Waals surface area contributed by atoms with Gasteiger partial charge in [-0.15, -0.1) is 0 Å². The molecule has 0 bridgehead atoms. The van der Waals surface area contributed by atoms with Crippen LogP contribution in [0.25, 0.3) is 0 Å². The van der Waals surface area contributed by atoms with Crippen molar-refractivity contribution in [1.82, 2.24) is 4.57 Å². The number of hydrogen-bond donors (Lipinski definition) is 1. The number of benzene rings is 1. The summed E-state index contributed by atoms with van der Waals surface area (Å²) >= 11 is 3.34. The highest BCUT2D eigenvalue weighted by Gasteiger charge is 2.06. The van der Waals surface area contributed by atoms with E-state index in [9.17, 15) is 4.79 Å². The van der Waals surface area contributed by atoms with Gasteiger partial charge in [0.15, 0.2) is 0 Å². The molecule has 0 aliphatic carbocycles. The van der Waals surface area contributed by atoms with Crippen LogP contribution in [0.1, 0.15) is 5.69 Å². The molecule has 5 heteroatoms. The number of nitriles is 1. The van der Waals surface area contributed by atoms with Gasteiger partial charge >= 0.3 is 0 Å². The van der Waals surface area contributed by atoms with Crippen LogP contribution in [0, 0.1) is 11.3 Å². The van der Waals surface area contributed by atoms with E-state index in [4.69, 9.17) is 5.26 Å². The molecule has 1 heterocycles. The Morgan fingerprint density at radius 1 is 1.39 bits per heavy atom. The Kier molecular flexibility index (Phi) is 3.80. The molecule has 1 aromatic heterocycles. The number of carbonyl (C=O) groups excluding carboxylic acids is 1. The van der Waals surface area contributed by atoms with E-state index < -0.39 is 0 Å². The van der Waals surface area contributed by atoms with Crippen molar-refractivity contribution >= 4 is 27.5 Å². The quantitative estimate of drug-likeness (QED) is 0.948. The molecule has 0 fully saturated rings. The van der Waals surface area contributed by atoms with E-state index in [1.807, 2.05) is 30.3 Å². The molecule has 2 aromatic rings. The van der Waals surface area contributed by atoms with Crippen molar-refractivity contribution in [2.24, 2.45) is 0 Å². The van der Waals surface area contributed by atoms with Crippen molar-refractivity contribution in [3.63, 3.8) is 0 Å². The second-order valence-electron chi connectivity index (χ2n) is 3.69. The van der Waals surface area contributed by atoms with Gasteiger partial charge in [0.25, 0.3) is 0 Å². The lowest BCUT2D eigenvalue weighted by Crippen LogP contribution is -2.18. The van der Waals surface area contributed by atoms with Crippen molar-refractivity contribution in [1.29, 1.82) is 5.26 Å². The molecule has 1 amide bonds. The van der Waals surface area contributed by atoms with Gasteiger partial charge in [0.1, 0.15) is 18.3 Å². The molecule has 1 aromatic carbocycles. The van der Waals surface area contributed by atoms with Gasteiger partial charge in [0.05, 0.1) is 0 Å². The van der Waals surface area contributed by atoms with Gasteiger partial charge < -0.3 is 9.88 Å². The summed E-state index contributed by atoms with van der Waals surface area (Å²) in [5, 5.41) is 11.6. The standard InChI is InChI=1S/C13H10BrN3O/c14-10-3-1-4-11(7-10)16-13(18)9-17-6-2-5-12(17)8-15/h1-7H,9H2,(H,16,18). The molecule has 0 saturated carbocycles. The van der Waals surface area contributed by atoms with E-state index in [1.54, 1.807) is 22.9 Å². The Bertz CT molecular complexity index is 613. The van der Waals surface area contributed by atoms with Crippen molar-refractivity contribution in [3.8, 4) is 6.07 Å². The Balaban J connectivity index is 2.04. The van der Waals surface area contributed by atoms with Crippen molar-refractivity contribution in [3.05, 3.63) is 52.8 Å². The summed E-state index contributed by atoms with van der Waals surface area (Å²) in [6.45, 7) is 0.127. The third kappa shape index (κ3) is 2.99. The van der Waals surface area contributed by atoms with E-state index >= 15 is 0 Å². The summed E-state index contributed by atoms with van der Waals surface area (Å²) < 4.78 is 2.51. The fraction of sp³-hybridized carbons (Fsp3) is 0.0769. The number of nitrogens with one attached hydrogen (secondary N) is 1. The zero-order valence-electron chi connectivity index (χ0n) is 9.43. The molecular weight excluding hydrogens is 294 g/mol. The molecule has 0 aliphatic heterocycles. The van der Waals surface area contributed by atoms with E-state index in [-0.39, 0.29) is 12.5 Å². The van der Waals surface area contributed by atoms with Gasteiger partial charge in [0.2, 0.25) is 5.91 Å². The largest absolute Gasteiger partial charge is 0.330 e. The minimum atomic E-state index is -0.166. The topological polar surface area (TPSA) is 57.8 Å². The maximum atomic E-state index is 11.8. The lowest BCUT2D eigenvalue weighted by Gasteiger charge is -2.07. The first-order chi connectivity index (χ1) is 8.69. The van der Waals surface area contributed by atoms with Crippen LogP contribution in [0.4, 0.5) is 5.69 Å². The van der Waals surface area contributed by atoms with Gasteiger partial charge in [-0.05, 0) is 30.3 Å². The Morgan fingerprint density at radius 3 is 2.94 bits per heavy atom. The third-order valence-electron chi connectivity index (χ3n) is 2.37. The van der Waals surface area contributed by atoms with Gasteiger partial charge in [-0.1, -0.05) is 22.0 Å². The van der Waals surface area contributed by atoms with Crippen LogP contribution >= 0.6 is 15.9 Å². The van der Waals surface area contributed by atoms with Crippen molar-refractivity contribution in [2.75, 3.05) is 5.32 Å². The predicted molar refractivity (Wildman–Crippen MR) is 71.9 cm³/mol. The SMILES string of the molecule is N#Cc1cccn1CC(=O)Nc1cccc(Br)c1. The maximum absolute atomic E-state index is 11.8. The zero-order valence-corrected chi connectivity index (χ0v) is 11.0. The van der Waals surface area contributed by atoms with Crippen LogP contribution in [0.2, 0.25) is 0 Å². The molecule has 1 N–H and O–H groups in total. The number of nitrogens with zero attached hydrogens (tertiary/aromatic N) is 2. The monoisotopic (exact) mass is 303 g/mol. The predicted octanol–water partition coefficient (Wildman–Crippen LogP) is 2.76. The van der Waals surface area contributed by atoms with Gasteiger partial charge in [-0.25, -0.2) is 0 Å². The van der Waals surface area contributed by atoms with Crippen LogP contribution in [0.5, 0.6) is 0 Å². The van der Waals surface area contributed by atoms with Gasteiger partial charge in [-0.2, -0.15) is 5.26 Å². The zero-order chi connectivity index (χ0) is 13.0. The van der Waals surface area contributed by atoms with Gasteiger partial charge in [0, 0.05) is 16.4 Å². The van der Waals surface area contributed by atoms with Crippen LogP contribution in [0.3, 0.4) is 0 Å². The van der Waals surface area contributed by atoms with Gasteiger partial charge in [-0.3, -0.25) is 4.79 Å². The number of rotatable bonds is 3. The molecule has 0 spiro atoms. The molecule has 18 heavy (non-hydrogen) atoms. The first-order valence-corrected chi connectivity index (χ1v) is 6.09. The molecule has 90 valence electrons. The number of halogens is 1. The summed E-state index contributed by atoms with van der Waals surface area (Å²) in [6, 6.07) is 12.8. The van der Waals surface area contributed by atoms with E-state index in [0.29, 0.717) is 5.69 Å². The van der Waals surface area contributed by atoms with E-state index in [2.05, 4.69) is 21.2 Å². The summed E-state index contributed by atoms with van der Waals surface area (Å²) in [6.07, 6.45) is 1.71. The molecule has 0 saturated heterocycles. The molecule has 0 unspecified atom stereocenters. The molecule has 0 atom stereocenters. The lowest BCUT2D eigenvalue weighted by atomic mass is 10.3.